The number of hydrogen-bond acceptors (Lipinski definition) is 2. The highest BCUT2D eigenvalue weighted by atomic mass is 19.2. The molecule has 0 fully saturated rings. The quantitative estimate of drug-likeness (QED) is 0.802. The molecule has 1 aliphatic rings. The fourth-order valence-corrected chi connectivity index (χ4v) is 2.28. The lowest BCUT2D eigenvalue weighted by molar-refractivity contribution is 0.0992. The zero-order valence-corrected chi connectivity index (χ0v) is 10.7. The van der Waals surface area contributed by atoms with Gasteiger partial charge in [0.05, 0.1) is 13.2 Å². The van der Waals surface area contributed by atoms with E-state index < -0.39 is 11.6 Å². The molecular weight excluding hydrogens is 262 g/mol. The normalized spacial score (nSPS) is 13.3. The Bertz CT molecular complexity index is 680. The fraction of sp³-hybridized carbons (Fsp3) is 0.188. The lowest BCUT2D eigenvalue weighted by atomic mass is 9.99. The molecule has 0 atom stereocenters. The minimum Gasteiger partial charge on any atom is -0.372 e. The first-order chi connectivity index (χ1) is 9.63. The molecular formula is C16H12F2O2. The van der Waals surface area contributed by atoms with Gasteiger partial charge in [0.1, 0.15) is 0 Å². The molecule has 0 unspecified atom stereocenters. The van der Waals surface area contributed by atoms with Gasteiger partial charge in [-0.3, -0.25) is 4.79 Å². The lowest BCUT2D eigenvalue weighted by Gasteiger charge is -2.04. The van der Waals surface area contributed by atoms with E-state index in [0.29, 0.717) is 24.3 Å². The summed E-state index contributed by atoms with van der Waals surface area (Å²) >= 11 is 0. The van der Waals surface area contributed by atoms with Crippen LogP contribution >= 0.6 is 0 Å². The van der Waals surface area contributed by atoms with Crippen molar-refractivity contribution in [1.29, 1.82) is 0 Å². The van der Waals surface area contributed by atoms with E-state index in [1.165, 1.54) is 6.07 Å². The number of Topliss-reactive ketones (excluding diaryl/α,β-unsaturated/α-hetero) is 1. The first-order valence-corrected chi connectivity index (χ1v) is 6.30. The van der Waals surface area contributed by atoms with Gasteiger partial charge in [-0.25, -0.2) is 8.78 Å². The summed E-state index contributed by atoms with van der Waals surface area (Å²) in [4.78, 5) is 12.2. The van der Waals surface area contributed by atoms with Gasteiger partial charge in [-0.05, 0) is 34.9 Å². The summed E-state index contributed by atoms with van der Waals surface area (Å²) in [5.74, 6) is -1.96. The van der Waals surface area contributed by atoms with Gasteiger partial charge in [-0.1, -0.05) is 18.2 Å². The molecule has 0 bridgehead atoms. The van der Waals surface area contributed by atoms with Crippen LogP contribution in [0.5, 0.6) is 0 Å². The van der Waals surface area contributed by atoms with Gasteiger partial charge in [-0.2, -0.15) is 0 Å². The van der Waals surface area contributed by atoms with Gasteiger partial charge in [0.2, 0.25) is 0 Å². The minimum atomic E-state index is -0.933. The number of carbonyl (C=O) groups is 1. The molecule has 0 saturated carbocycles. The summed E-state index contributed by atoms with van der Waals surface area (Å²) in [5.41, 5.74) is 3.14. The average molecular weight is 274 g/mol. The van der Waals surface area contributed by atoms with Crippen molar-refractivity contribution >= 4 is 5.78 Å². The zero-order chi connectivity index (χ0) is 14.1. The van der Waals surface area contributed by atoms with Crippen molar-refractivity contribution in [1.82, 2.24) is 0 Å². The molecule has 3 rings (SSSR count). The van der Waals surface area contributed by atoms with Crippen molar-refractivity contribution in [2.75, 3.05) is 0 Å². The smallest absolute Gasteiger partial charge is 0.167 e. The van der Waals surface area contributed by atoms with Crippen LogP contribution in [-0.2, 0) is 24.4 Å². The van der Waals surface area contributed by atoms with Crippen LogP contribution in [-0.4, -0.2) is 5.78 Å². The van der Waals surface area contributed by atoms with E-state index in [1.54, 1.807) is 6.07 Å². The maximum atomic E-state index is 13.1. The summed E-state index contributed by atoms with van der Waals surface area (Å²) in [6, 6.07) is 8.95. The molecule has 0 aliphatic carbocycles. The van der Waals surface area contributed by atoms with E-state index in [-0.39, 0.29) is 12.2 Å². The van der Waals surface area contributed by atoms with E-state index in [2.05, 4.69) is 0 Å². The van der Waals surface area contributed by atoms with Crippen LogP contribution in [0.2, 0.25) is 0 Å². The minimum absolute atomic E-state index is 0.0524. The molecule has 2 aromatic carbocycles. The molecule has 20 heavy (non-hydrogen) atoms. The van der Waals surface area contributed by atoms with Crippen molar-refractivity contribution in [3.05, 3.63) is 70.3 Å². The Hall–Kier alpha value is -2.07. The van der Waals surface area contributed by atoms with Gasteiger partial charge in [0.15, 0.2) is 17.4 Å². The molecule has 102 valence electrons. The Labute approximate surface area is 115 Å². The van der Waals surface area contributed by atoms with E-state index in [4.69, 9.17) is 4.74 Å². The van der Waals surface area contributed by atoms with Crippen molar-refractivity contribution in [2.45, 2.75) is 19.6 Å². The van der Waals surface area contributed by atoms with E-state index in [1.807, 2.05) is 12.1 Å². The van der Waals surface area contributed by atoms with Crippen LogP contribution < -0.4 is 0 Å². The van der Waals surface area contributed by atoms with Crippen molar-refractivity contribution in [3.8, 4) is 0 Å². The van der Waals surface area contributed by atoms with Crippen molar-refractivity contribution < 1.29 is 18.3 Å². The maximum absolute atomic E-state index is 13.1. The van der Waals surface area contributed by atoms with Crippen LogP contribution in [0.1, 0.15) is 27.0 Å². The van der Waals surface area contributed by atoms with Crippen LogP contribution in [0, 0.1) is 11.6 Å². The predicted molar refractivity (Wildman–Crippen MR) is 69.3 cm³/mol. The van der Waals surface area contributed by atoms with Crippen LogP contribution in [0.4, 0.5) is 8.78 Å². The van der Waals surface area contributed by atoms with Crippen molar-refractivity contribution in [3.63, 3.8) is 0 Å². The number of halogens is 2. The number of hydrogen-bond donors (Lipinski definition) is 0. The van der Waals surface area contributed by atoms with Gasteiger partial charge >= 0.3 is 0 Å². The second-order valence-electron chi connectivity index (χ2n) is 4.82. The molecule has 2 nitrogen and oxygen atoms in total. The summed E-state index contributed by atoms with van der Waals surface area (Å²) in [6.07, 6.45) is 0.0524. The molecule has 0 amide bonds. The summed E-state index contributed by atoms with van der Waals surface area (Å²) in [5, 5.41) is 0. The Morgan fingerprint density at radius 1 is 1.00 bits per heavy atom. The molecule has 4 heteroatoms. The number of ketones is 1. The number of rotatable bonds is 3. The highest BCUT2D eigenvalue weighted by Crippen LogP contribution is 2.22. The Balaban J connectivity index is 1.80. The predicted octanol–water partition coefficient (Wildman–Crippen LogP) is 3.42. The maximum Gasteiger partial charge on any atom is 0.167 e. The molecule has 0 radical (unpaired) electrons. The zero-order valence-electron chi connectivity index (χ0n) is 10.7. The van der Waals surface area contributed by atoms with E-state index in [0.717, 1.165) is 23.3 Å². The van der Waals surface area contributed by atoms with Gasteiger partial charge < -0.3 is 4.74 Å². The third-order valence-corrected chi connectivity index (χ3v) is 3.39. The number of ether oxygens (including phenoxy) is 1. The van der Waals surface area contributed by atoms with E-state index in [9.17, 15) is 13.6 Å². The van der Waals surface area contributed by atoms with Crippen LogP contribution in [0.3, 0.4) is 0 Å². The monoisotopic (exact) mass is 274 g/mol. The molecule has 2 aromatic rings. The lowest BCUT2D eigenvalue weighted by Crippen LogP contribution is -2.05. The molecule has 1 heterocycles. The SMILES string of the molecule is O=C(Cc1ccc(F)c(F)c1)c1ccc2c(c1)COC2. The first kappa shape index (κ1) is 12.9. The Kier molecular flexibility index (Phi) is 3.32. The fourth-order valence-electron chi connectivity index (χ4n) is 2.28. The first-order valence-electron chi connectivity index (χ1n) is 6.30. The van der Waals surface area contributed by atoms with Crippen LogP contribution in [0.15, 0.2) is 36.4 Å². The summed E-state index contributed by atoms with van der Waals surface area (Å²) in [6.45, 7) is 1.09. The van der Waals surface area contributed by atoms with Crippen LogP contribution in [0.25, 0.3) is 0 Å². The molecule has 0 aromatic heterocycles. The van der Waals surface area contributed by atoms with Gasteiger partial charge in [-0.15, -0.1) is 0 Å². The highest BCUT2D eigenvalue weighted by Gasteiger charge is 2.15. The van der Waals surface area contributed by atoms with Gasteiger partial charge in [0.25, 0.3) is 0 Å². The molecule has 0 saturated heterocycles. The second kappa shape index (κ2) is 5.13. The number of fused-ring (bicyclic) bond motifs is 1. The third-order valence-electron chi connectivity index (χ3n) is 3.39. The average Bonchev–Trinajstić information content (AvgIpc) is 2.90. The number of carbonyl (C=O) groups excluding carboxylic acids is 1. The van der Waals surface area contributed by atoms with E-state index >= 15 is 0 Å². The Morgan fingerprint density at radius 2 is 1.80 bits per heavy atom. The topological polar surface area (TPSA) is 26.3 Å². The molecule has 0 N–H and O–H groups in total. The molecule has 1 aliphatic heterocycles. The largest absolute Gasteiger partial charge is 0.372 e. The Morgan fingerprint density at radius 3 is 2.60 bits per heavy atom. The standard InChI is InChI=1S/C16H12F2O2/c17-14-4-1-10(5-15(14)18)6-16(19)11-2-3-12-8-20-9-13(12)7-11/h1-5,7H,6,8-9H2. The second-order valence-corrected chi connectivity index (χ2v) is 4.82. The highest BCUT2D eigenvalue weighted by molar-refractivity contribution is 5.97. The summed E-state index contributed by atoms with van der Waals surface area (Å²) < 4.78 is 31.2. The third kappa shape index (κ3) is 2.47. The van der Waals surface area contributed by atoms with Crippen molar-refractivity contribution in [2.24, 2.45) is 0 Å². The summed E-state index contributed by atoms with van der Waals surface area (Å²) in [7, 11) is 0. The number of benzene rings is 2. The van der Waals surface area contributed by atoms with Gasteiger partial charge in [0, 0.05) is 12.0 Å². The molecule has 0 spiro atoms.